The molecule has 3 N–H and O–H groups in total. The molecule has 0 amide bonds. The van der Waals surface area contributed by atoms with Crippen LogP contribution in [0.2, 0.25) is 0 Å². The van der Waals surface area contributed by atoms with Crippen molar-refractivity contribution in [2.75, 3.05) is 11.1 Å². The molecule has 112 valence electrons. The van der Waals surface area contributed by atoms with E-state index in [2.05, 4.69) is 30.2 Å². The first kappa shape index (κ1) is 14.2. The Hall–Kier alpha value is -1.77. The lowest BCUT2D eigenvalue weighted by atomic mass is 9.75. The summed E-state index contributed by atoms with van der Waals surface area (Å²) in [6.07, 6.45) is 5.04. The van der Waals surface area contributed by atoms with E-state index in [9.17, 15) is 0 Å². The summed E-state index contributed by atoms with van der Waals surface area (Å²) in [5, 5.41) is 4.86. The number of nitrogens with two attached hydrogens (primary N) is 1. The number of hydrogen-bond acceptors (Lipinski definition) is 3. The van der Waals surface area contributed by atoms with E-state index in [1.54, 1.807) is 0 Å². The van der Waals surface area contributed by atoms with Crippen molar-refractivity contribution in [2.45, 2.75) is 52.5 Å². The van der Waals surface area contributed by atoms with Crippen LogP contribution in [0.1, 0.15) is 45.2 Å². The van der Waals surface area contributed by atoms with Gasteiger partial charge in [-0.3, -0.25) is 4.98 Å². The second-order valence-electron chi connectivity index (χ2n) is 7.17. The normalized spacial score (nSPS) is 18.8. The lowest BCUT2D eigenvalue weighted by molar-refractivity contribution is 0.232. The van der Waals surface area contributed by atoms with Gasteiger partial charge in [-0.1, -0.05) is 13.8 Å². The first-order valence-corrected chi connectivity index (χ1v) is 7.86. The number of rotatable bonds is 2. The molecule has 1 aromatic heterocycles. The topological polar surface area (TPSA) is 50.9 Å². The van der Waals surface area contributed by atoms with E-state index in [0.717, 1.165) is 22.3 Å². The number of benzene rings is 1. The van der Waals surface area contributed by atoms with Gasteiger partial charge in [0.1, 0.15) is 0 Å². The van der Waals surface area contributed by atoms with E-state index in [0.29, 0.717) is 11.5 Å². The van der Waals surface area contributed by atoms with Crippen molar-refractivity contribution in [1.29, 1.82) is 0 Å². The molecule has 0 saturated heterocycles. The van der Waals surface area contributed by atoms with Crippen LogP contribution in [0.4, 0.5) is 11.4 Å². The van der Waals surface area contributed by atoms with Crippen LogP contribution in [-0.2, 0) is 0 Å². The summed E-state index contributed by atoms with van der Waals surface area (Å²) in [6, 6.07) is 8.65. The quantitative estimate of drug-likeness (QED) is 0.797. The summed E-state index contributed by atoms with van der Waals surface area (Å²) < 4.78 is 0. The molecule has 0 radical (unpaired) electrons. The van der Waals surface area contributed by atoms with Gasteiger partial charge in [-0.2, -0.15) is 0 Å². The predicted molar refractivity (Wildman–Crippen MR) is 90.6 cm³/mol. The van der Waals surface area contributed by atoms with Crippen molar-refractivity contribution in [2.24, 2.45) is 5.41 Å². The van der Waals surface area contributed by atoms with Crippen molar-refractivity contribution in [1.82, 2.24) is 4.98 Å². The summed E-state index contributed by atoms with van der Waals surface area (Å²) in [5.41, 5.74) is 10.5. The van der Waals surface area contributed by atoms with Gasteiger partial charge in [-0.25, -0.2) is 0 Å². The average molecular weight is 283 g/mol. The molecule has 1 aliphatic rings. The summed E-state index contributed by atoms with van der Waals surface area (Å²) in [5.74, 6) is 0. The lowest BCUT2D eigenvalue weighted by Crippen LogP contribution is -2.29. The molecule has 3 heteroatoms. The SMILES string of the molecule is Cc1cc(NC2CCC(C)(C)CC2)c2cc(N)ccc2n1. The van der Waals surface area contributed by atoms with Gasteiger partial charge in [0.05, 0.1) is 5.52 Å². The number of hydrogen-bond donors (Lipinski definition) is 2. The van der Waals surface area contributed by atoms with Crippen molar-refractivity contribution < 1.29 is 0 Å². The molecule has 1 saturated carbocycles. The number of pyridine rings is 1. The molecule has 0 unspecified atom stereocenters. The first-order chi connectivity index (χ1) is 9.93. The number of aromatic nitrogens is 1. The van der Waals surface area contributed by atoms with Gasteiger partial charge in [0, 0.05) is 28.5 Å². The number of nitrogens with one attached hydrogen (secondary N) is 1. The van der Waals surface area contributed by atoms with Gasteiger partial charge in [0.2, 0.25) is 0 Å². The summed E-state index contributed by atoms with van der Waals surface area (Å²) >= 11 is 0. The van der Waals surface area contributed by atoms with Crippen LogP contribution in [0.25, 0.3) is 10.9 Å². The number of nitrogens with zero attached hydrogens (tertiary/aromatic N) is 1. The van der Waals surface area contributed by atoms with E-state index in [-0.39, 0.29) is 0 Å². The Bertz CT molecular complexity index is 651. The summed E-state index contributed by atoms with van der Waals surface area (Å²) in [6.45, 7) is 6.79. The minimum Gasteiger partial charge on any atom is -0.399 e. The van der Waals surface area contributed by atoms with Gasteiger partial charge in [-0.15, -0.1) is 0 Å². The van der Waals surface area contributed by atoms with E-state index < -0.39 is 0 Å². The zero-order valence-corrected chi connectivity index (χ0v) is 13.2. The van der Waals surface area contributed by atoms with Gasteiger partial charge < -0.3 is 11.1 Å². The van der Waals surface area contributed by atoms with Crippen LogP contribution >= 0.6 is 0 Å². The molecular weight excluding hydrogens is 258 g/mol. The minimum atomic E-state index is 0.499. The third-order valence-corrected chi connectivity index (χ3v) is 4.66. The highest BCUT2D eigenvalue weighted by Crippen LogP contribution is 2.37. The highest BCUT2D eigenvalue weighted by atomic mass is 14.9. The Balaban J connectivity index is 1.88. The highest BCUT2D eigenvalue weighted by Gasteiger charge is 2.26. The van der Waals surface area contributed by atoms with Gasteiger partial charge in [-0.05, 0) is 62.3 Å². The number of fused-ring (bicyclic) bond motifs is 1. The van der Waals surface area contributed by atoms with Crippen LogP contribution in [0.3, 0.4) is 0 Å². The lowest BCUT2D eigenvalue weighted by Gasteiger charge is -2.35. The number of nitrogen functional groups attached to an aromatic ring is 1. The maximum Gasteiger partial charge on any atom is 0.0727 e. The zero-order chi connectivity index (χ0) is 15.0. The smallest absolute Gasteiger partial charge is 0.0727 e. The van der Waals surface area contributed by atoms with Crippen LogP contribution in [0.15, 0.2) is 24.3 Å². The largest absolute Gasteiger partial charge is 0.399 e. The highest BCUT2D eigenvalue weighted by molar-refractivity contribution is 5.93. The molecule has 3 rings (SSSR count). The molecule has 3 nitrogen and oxygen atoms in total. The van der Waals surface area contributed by atoms with Crippen LogP contribution in [0.5, 0.6) is 0 Å². The first-order valence-electron chi connectivity index (χ1n) is 7.86. The van der Waals surface area contributed by atoms with Crippen molar-refractivity contribution >= 4 is 22.3 Å². The van der Waals surface area contributed by atoms with E-state index >= 15 is 0 Å². The fourth-order valence-corrected chi connectivity index (χ4v) is 3.26. The van der Waals surface area contributed by atoms with E-state index in [4.69, 9.17) is 5.73 Å². The zero-order valence-electron chi connectivity index (χ0n) is 13.2. The molecule has 2 aromatic rings. The van der Waals surface area contributed by atoms with Gasteiger partial charge >= 0.3 is 0 Å². The maximum absolute atomic E-state index is 5.94. The van der Waals surface area contributed by atoms with Crippen molar-refractivity contribution in [3.8, 4) is 0 Å². The van der Waals surface area contributed by atoms with Crippen LogP contribution in [-0.4, -0.2) is 11.0 Å². The molecule has 1 fully saturated rings. The Labute approximate surface area is 127 Å². The molecule has 0 spiro atoms. The van der Waals surface area contributed by atoms with Gasteiger partial charge in [0.15, 0.2) is 0 Å². The fraction of sp³-hybridized carbons (Fsp3) is 0.500. The molecule has 1 heterocycles. The second kappa shape index (κ2) is 5.21. The Kier molecular flexibility index (Phi) is 3.52. The molecular formula is C18H25N3. The van der Waals surface area contributed by atoms with Crippen LogP contribution in [0, 0.1) is 12.3 Å². The van der Waals surface area contributed by atoms with Crippen molar-refractivity contribution in [3.63, 3.8) is 0 Å². The standard InChI is InChI=1S/C18H25N3/c1-12-10-17(15-11-13(19)4-5-16(15)20-12)21-14-6-8-18(2,3)9-7-14/h4-5,10-11,14H,6-9,19H2,1-3H3,(H,20,21). The molecule has 1 aliphatic carbocycles. The molecule has 0 aliphatic heterocycles. The van der Waals surface area contributed by atoms with Crippen LogP contribution < -0.4 is 11.1 Å². The number of anilines is 2. The molecule has 21 heavy (non-hydrogen) atoms. The summed E-state index contributed by atoms with van der Waals surface area (Å²) in [4.78, 5) is 4.60. The van der Waals surface area contributed by atoms with E-state index in [1.807, 2.05) is 25.1 Å². The second-order valence-corrected chi connectivity index (χ2v) is 7.17. The number of aryl methyl sites for hydroxylation is 1. The Morgan fingerprint density at radius 3 is 2.62 bits per heavy atom. The average Bonchev–Trinajstić information content (AvgIpc) is 2.42. The maximum atomic E-state index is 5.94. The molecule has 0 bridgehead atoms. The Morgan fingerprint density at radius 1 is 1.19 bits per heavy atom. The van der Waals surface area contributed by atoms with E-state index in [1.165, 1.54) is 31.4 Å². The van der Waals surface area contributed by atoms with Crippen molar-refractivity contribution in [3.05, 3.63) is 30.0 Å². The third-order valence-electron chi connectivity index (χ3n) is 4.66. The molecule has 1 aromatic carbocycles. The summed E-state index contributed by atoms with van der Waals surface area (Å²) in [7, 11) is 0. The third kappa shape index (κ3) is 3.12. The predicted octanol–water partition coefficient (Wildman–Crippen LogP) is 4.51. The minimum absolute atomic E-state index is 0.499. The molecule has 0 atom stereocenters. The fourth-order valence-electron chi connectivity index (χ4n) is 3.26. The van der Waals surface area contributed by atoms with Gasteiger partial charge in [0.25, 0.3) is 0 Å². The Morgan fingerprint density at radius 2 is 1.90 bits per heavy atom. The monoisotopic (exact) mass is 283 g/mol.